The lowest BCUT2D eigenvalue weighted by Crippen LogP contribution is -2.49. The number of sulfonamides is 1. The van der Waals surface area contributed by atoms with Gasteiger partial charge in [0.05, 0.1) is 24.6 Å². The Labute approximate surface area is 145 Å². The van der Waals surface area contributed by atoms with Crippen molar-refractivity contribution in [1.82, 2.24) is 14.5 Å². The Morgan fingerprint density at radius 3 is 2.60 bits per heavy atom. The van der Waals surface area contributed by atoms with Gasteiger partial charge in [-0.1, -0.05) is 0 Å². The van der Waals surface area contributed by atoms with E-state index in [9.17, 15) is 23.3 Å². The minimum Gasteiger partial charge on any atom is -0.497 e. The molecule has 0 spiro atoms. The third-order valence-electron chi connectivity index (χ3n) is 3.88. The summed E-state index contributed by atoms with van der Waals surface area (Å²) in [5.74, 6) is -0.172. The van der Waals surface area contributed by atoms with Crippen LogP contribution in [-0.4, -0.2) is 75.3 Å². The maximum atomic E-state index is 12.7. The molecule has 1 N–H and O–H groups in total. The lowest BCUT2D eigenvalue weighted by Gasteiger charge is -2.29. The number of methoxy groups -OCH3 is 1. The molecule has 1 saturated heterocycles. The van der Waals surface area contributed by atoms with E-state index < -0.39 is 25.5 Å². The maximum Gasteiger partial charge on any atom is 0.293 e. The van der Waals surface area contributed by atoms with Gasteiger partial charge in [0.25, 0.3) is 5.69 Å². The molecular weight excluding hydrogens is 352 g/mol. The Kier molecular flexibility index (Phi) is 5.93. The van der Waals surface area contributed by atoms with Crippen LogP contribution in [0.2, 0.25) is 0 Å². The lowest BCUT2D eigenvalue weighted by atomic mass is 10.3. The van der Waals surface area contributed by atoms with Crippen molar-refractivity contribution in [2.75, 3.05) is 46.9 Å². The highest BCUT2D eigenvalue weighted by Gasteiger charge is 2.32. The predicted octanol–water partition coefficient (Wildman–Crippen LogP) is -0.344. The number of hydrogen-bond acceptors (Lipinski definition) is 7. The van der Waals surface area contributed by atoms with Crippen molar-refractivity contribution in [2.45, 2.75) is 4.90 Å². The third-order valence-corrected chi connectivity index (χ3v) is 5.73. The number of piperazine rings is 1. The van der Waals surface area contributed by atoms with E-state index >= 15 is 0 Å². The van der Waals surface area contributed by atoms with Crippen LogP contribution in [0.4, 0.5) is 5.69 Å². The standard InChI is InChI=1S/C14H20N4O6S/c1-16(10-14(19)17-7-5-15-6-8-17)25(22,23)13-4-3-11(24-2)9-12(13)18(20)21/h3-4,9,15H,5-8,10H2,1-2H3. The number of carbonyl (C=O) groups is 1. The fourth-order valence-electron chi connectivity index (χ4n) is 2.44. The number of benzene rings is 1. The van der Waals surface area contributed by atoms with Gasteiger partial charge in [-0.3, -0.25) is 14.9 Å². The second-order valence-electron chi connectivity index (χ2n) is 5.48. The van der Waals surface area contributed by atoms with Crippen LogP contribution in [0.5, 0.6) is 5.75 Å². The normalized spacial score (nSPS) is 15.2. The molecule has 0 aliphatic carbocycles. The second kappa shape index (κ2) is 7.76. The summed E-state index contributed by atoms with van der Waals surface area (Å²) in [5, 5.41) is 14.3. The van der Waals surface area contributed by atoms with E-state index in [-0.39, 0.29) is 18.2 Å². The monoisotopic (exact) mass is 372 g/mol. The van der Waals surface area contributed by atoms with Gasteiger partial charge in [-0.25, -0.2) is 8.42 Å². The van der Waals surface area contributed by atoms with E-state index in [1.807, 2.05) is 0 Å². The minimum absolute atomic E-state index is 0.171. The first-order valence-corrected chi connectivity index (χ1v) is 8.98. The molecule has 0 unspecified atom stereocenters. The number of rotatable bonds is 6. The average Bonchev–Trinajstić information content (AvgIpc) is 2.61. The number of likely N-dealkylation sites (N-methyl/N-ethyl adjacent to an activating group) is 1. The highest BCUT2D eigenvalue weighted by Crippen LogP contribution is 2.30. The first-order valence-electron chi connectivity index (χ1n) is 7.54. The number of nitro benzene ring substituents is 1. The Morgan fingerprint density at radius 1 is 1.40 bits per heavy atom. The van der Waals surface area contributed by atoms with Crippen LogP contribution in [0, 0.1) is 10.1 Å². The molecule has 1 aromatic carbocycles. The van der Waals surface area contributed by atoms with Crippen LogP contribution >= 0.6 is 0 Å². The molecule has 0 radical (unpaired) electrons. The van der Waals surface area contributed by atoms with Crippen molar-refractivity contribution in [3.8, 4) is 5.75 Å². The van der Waals surface area contributed by atoms with Crippen molar-refractivity contribution in [3.05, 3.63) is 28.3 Å². The molecule has 0 bridgehead atoms. The number of nitrogens with one attached hydrogen (secondary N) is 1. The number of nitro groups is 1. The largest absolute Gasteiger partial charge is 0.497 e. The Balaban J connectivity index is 2.25. The van der Waals surface area contributed by atoms with Crippen LogP contribution in [0.15, 0.2) is 23.1 Å². The van der Waals surface area contributed by atoms with Crippen LogP contribution < -0.4 is 10.1 Å². The summed E-state index contributed by atoms with van der Waals surface area (Å²) in [6.45, 7) is 1.90. The van der Waals surface area contributed by atoms with Crippen molar-refractivity contribution < 1.29 is 22.9 Å². The van der Waals surface area contributed by atoms with E-state index in [1.54, 1.807) is 4.90 Å². The number of ether oxygens (including phenoxy) is 1. The quantitative estimate of drug-likeness (QED) is 0.535. The maximum absolute atomic E-state index is 12.7. The molecule has 0 saturated carbocycles. The van der Waals surface area contributed by atoms with Crippen LogP contribution in [0.25, 0.3) is 0 Å². The number of hydrogen-bond donors (Lipinski definition) is 1. The van der Waals surface area contributed by atoms with Crippen molar-refractivity contribution in [3.63, 3.8) is 0 Å². The molecule has 1 fully saturated rings. The topological polar surface area (TPSA) is 122 Å². The summed E-state index contributed by atoms with van der Waals surface area (Å²) in [4.78, 5) is 23.7. The minimum atomic E-state index is -4.20. The fraction of sp³-hybridized carbons (Fsp3) is 0.500. The SMILES string of the molecule is COc1ccc(S(=O)(=O)N(C)CC(=O)N2CCNCC2)c([N+](=O)[O-])c1. The van der Waals surface area contributed by atoms with Gasteiger partial charge < -0.3 is 15.0 Å². The lowest BCUT2D eigenvalue weighted by molar-refractivity contribution is -0.387. The molecule has 1 aromatic rings. The summed E-state index contributed by atoms with van der Waals surface area (Å²) in [5.41, 5.74) is -0.596. The zero-order valence-corrected chi connectivity index (χ0v) is 14.8. The van der Waals surface area contributed by atoms with Gasteiger partial charge >= 0.3 is 0 Å². The van der Waals surface area contributed by atoms with Gasteiger partial charge in [0.15, 0.2) is 4.90 Å². The van der Waals surface area contributed by atoms with E-state index in [4.69, 9.17) is 4.74 Å². The van der Waals surface area contributed by atoms with Gasteiger partial charge in [-0.2, -0.15) is 4.31 Å². The van der Waals surface area contributed by atoms with Crippen LogP contribution in [0.3, 0.4) is 0 Å². The van der Waals surface area contributed by atoms with Gasteiger partial charge in [0.1, 0.15) is 5.75 Å². The van der Waals surface area contributed by atoms with E-state index in [1.165, 1.54) is 20.2 Å². The first-order chi connectivity index (χ1) is 11.8. The van der Waals surface area contributed by atoms with Crippen molar-refractivity contribution >= 4 is 21.6 Å². The Hall–Kier alpha value is -2.24. The molecule has 0 atom stereocenters. The van der Waals surface area contributed by atoms with Gasteiger partial charge in [0.2, 0.25) is 15.9 Å². The van der Waals surface area contributed by atoms with E-state index in [0.29, 0.717) is 26.2 Å². The molecule has 11 heteroatoms. The number of carbonyl (C=O) groups excluding carboxylic acids is 1. The smallest absolute Gasteiger partial charge is 0.293 e. The number of nitrogens with zero attached hydrogens (tertiary/aromatic N) is 3. The fourth-order valence-corrected chi connectivity index (χ4v) is 3.70. The second-order valence-corrected chi connectivity index (χ2v) is 7.50. The molecule has 10 nitrogen and oxygen atoms in total. The van der Waals surface area contributed by atoms with Crippen molar-refractivity contribution in [2.24, 2.45) is 0 Å². The Bertz CT molecular complexity index is 761. The van der Waals surface area contributed by atoms with Gasteiger partial charge in [-0.15, -0.1) is 0 Å². The molecule has 0 aromatic heterocycles. The summed E-state index contributed by atoms with van der Waals surface area (Å²) >= 11 is 0. The zero-order chi connectivity index (χ0) is 18.6. The molecular formula is C14H20N4O6S. The molecule has 1 heterocycles. The van der Waals surface area contributed by atoms with Crippen LogP contribution in [0.1, 0.15) is 0 Å². The van der Waals surface area contributed by atoms with E-state index in [2.05, 4.69) is 5.32 Å². The molecule has 138 valence electrons. The van der Waals surface area contributed by atoms with Gasteiger partial charge in [0, 0.05) is 33.2 Å². The summed E-state index contributed by atoms with van der Waals surface area (Å²) < 4.78 is 31.1. The summed E-state index contributed by atoms with van der Waals surface area (Å²) in [7, 11) is -1.65. The molecule has 1 aliphatic heterocycles. The van der Waals surface area contributed by atoms with Crippen molar-refractivity contribution in [1.29, 1.82) is 0 Å². The molecule has 1 aliphatic rings. The van der Waals surface area contributed by atoms with Gasteiger partial charge in [-0.05, 0) is 12.1 Å². The predicted molar refractivity (Wildman–Crippen MR) is 88.9 cm³/mol. The highest BCUT2D eigenvalue weighted by atomic mass is 32.2. The number of amides is 1. The first kappa shape index (κ1) is 19.1. The van der Waals surface area contributed by atoms with Crippen LogP contribution in [-0.2, 0) is 14.8 Å². The molecule has 25 heavy (non-hydrogen) atoms. The Morgan fingerprint density at radius 2 is 2.04 bits per heavy atom. The summed E-state index contributed by atoms with van der Waals surface area (Å²) in [6, 6.07) is 3.47. The highest BCUT2D eigenvalue weighted by molar-refractivity contribution is 7.89. The summed E-state index contributed by atoms with van der Waals surface area (Å²) in [6.07, 6.45) is 0. The van der Waals surface area contributed by atoms with E-state index in [0.717, 1.165) is 16.4 Å². The third kappa shape index (κ3) is 4.24. The zero-order valence-electron chi connectivity index (χ0n) is 14.0. The molecule has 1 amide bonds. The average molecular weight is 372 g/mol. The molecule has 2 rings (SSSR count).